The number of aryl methyl sites for hydroxylation is 2. The fourth-order valence-corrected chi connectivity index (χ4v) is 3.21. The minimum atomic E-state index is -3.91. The molecule has 0 fully saturated rings. The van der Waals surface area contributed by atoms with Crippen LogP contribution in [-0.4, -0.2) is 8.42 Å². The molecule has 0 heterocycles. The van der Waals surface area contributed by atoms with Crippen LogP contribution in [0.25, 0.3) is 0 Å². The van der Waals surface area contributed by atoms with E-state index in [0.717, 1.165) is 11.1 Å². The molecule has 0 N–H and O–H groups in total. The standard InChI is InChI=1S/C14H13ClO3S/c1-10-7-11(2)9-12(8-10)18-19(16,17)14-6-4-3-5-13(14)15/h3-9H,1-2H3. The van der Waals surface area contributed by atoms with Gasteiger partial charge in [0.05, 0.1) is 5.02 Å². The molecule has 0 atom stereocenters. The average Bonchev–Trinajstić information content (AvgIpc) is 2.26. The molecule has 0 aliphatic heterocycles. The van der Waals surface area contributed by atoms with Crippen molar-refractivity contribution in [3.8, 4) is 5.75 Å². The van der Waals surface area contributed by atoms with Crippen LogP contribution in [0, 0.1) is 13.8 Å². The third-order valence-corrected chi connectivity index (χ3v) is 4.26. The van der Waals surface area contributed by atoms with E-state index in [4.69, 9.17) is 15.8 Å². The van der Waals surface area contributed by atoms with Gasteiger partial charge in [-0.2, -0.15) is 8.42 Å². The van der Waals surface area contributed by atoms with E-state index in [2.05, 4.69) is 0 Å². The molecular weight excluding hydrogens is 284 g/mol. The summed E-state index contributed by atoms with van der Waals surface area (Å²) >= 11 is 5.88. The second-order valence-corrected chi connectivity index (χ2v) is 6.21. The van der Waals surface area contributed by atoms with Crippen molar-refractivity contribution in [3.63, 3.8) is 0 Å². The third kappa shape index (κ3) is 3.28. The lowest BCUT2D eigenvalue weighted by molar-refractivity contribution is 0.486. The highest BCUT2D eigenvalue weighted by Crippen LogP contribution is 2.25. The van der Waals surface area contributed by atoms with Gasteiger partial charge in [0.15, 0.2) is 0 Å². The van der Waals surface area contributed by atoms with Gasteiger partial charge in [0.1, 0.15) is 10.6 Å². The van der Waals surface area contributed by atoms with Gasteiger partial charge in [0.2, 0.25) is 0 Å². The highest BCUT2D eigenvalue weighted by molar-refractivity contribution is 7.87. The first-order valence-electron chi connectivity index (χ1n) is 5.66. The zero-order chi connectivity index (χ0) is 14.0. The van der Waals surface area contributed by atoms with Gasteiger partial charge >= 0.3 is 10.1 Å². The van der Waals surface area contributed by atoms with Gasteiger partial charge in [-0.15, -0.1) is 0 Å². The van der Waals surface area contributed by atoms with Crippen LogP contribution in [0.1, 0.15) is 11.1 Å². The van der Waals surface area contributed by atoms with Crippen LogP contribution in [-0.2, 0) is 10.1 Å². The van der Waals surface area contributed by atoms with Crippen molar-refractivity contribution < 1.29 is 12.6 Å². The average molecular weight is 297 g/mol. The summed E-state index contributed by atoms with van der Waals surface area (Å²) in [6, 6.07) is 11.5. The Balaban J connectivity index is 2.39. The largest absolute Gasteiger partial charge is 0.379 e. The van der Waals surface area contributed by atoms with Gasteiger partial charge in [0, 0.05) is 0 Å². The summed E-state index contributed by atoms with van der Waals surface area (Å²) < 4.78 is 29.4. The van der Waals surface area contributed by atoms with Crippen LogP contribution in [0.15, 0.2) is 47.4 Å². The monoisotopic (exact) mass is 296 g/mol. The van der Waals surface area contributed by atoms with E-state index in [1.54, 1.807) is 24.3 Å². The molecule has 0 aliphatic carbocycles. The quantitative estimate of drug-likeness (QED) is 0.811. The molecule has 19 heavy (non-hydrogen) atoms. The minimum Gasteiger partial charge on any atom is -0.379 e. The Labute approximate surface area is 117 Å². The number of rotatable bonds is 3. The maximum Gasteiger partial charge on any atom is 0.340 e. The maximum absolute atomic E-state index is 12.1. The molecule has 0 radical (unpaired) electrons. The summed E-state index contributed by atoms with van der Waals surface area (Å²) in [5.74, 6) is 0.289. The normalized spacial score (nSPS) is 11.3. The van der Waals surface area contributed by atoms with Crippen LogP contribution in [0.5, 0.6) is 5.75 Å². The SMILES string of the molecule is Cc1cc(C)cc(OS(=O)(=O)c2ccccc2Cl)c1. The molecule has 2 aromatic rings. The minimum absolute atomic E-state index is 0.0316. The van der Waals surface area contributed by atoms with Gasteiger partial charge in [-0.25, -0.2) is 0 Å². The van der Waals surface area contributed by atoms with Crippen LogP contribution < -0.4 is 4.18 Å². The number of hydrogen-bond acceptors (Lipinski definition) is 3. The number of hydrogen-bond donors (Lipinski definition) is 0. The van der Waals surface area contributed by atoms with E-state index in [1.165, 1.54) is 12.1 Å². The second-order valence-electron chi connectivity index (χ2n) is 4.29. The highest BCUT2D eigenvalue weighted by Gasteiger charge is 2.19. The van der Waals surface area contributed by atoms with Crippen molar-refractivity contribution >= 4 is 21.7 Å². The van der Waals surface area contributed by atoms with E-state index < -0.39 is 10.1 Å². The highest BCUT2D eigenvalue weighted by atomic mass is 35.5. The Bertz CT molecular complexity index is 688. The molecule has 2 rings (SSSR count). The summed E-state index contributed by atoms with van der Waals surface area (Å²) in [4.78, 5) is -0.0316. The van der Waals surface area contributed by atoms with E-state index >= 15 is 0 Å². The van der Waals surface area contributed by atoms with Crippen molar-refractivity contribution in [2.24, 2.45) is 0 Å². The summed E-state index contributed by atoms with van der Waals surface area (Å²) in [5.41, 5.74) is 1.87. The van der Waals surface area contributed by atoms with E-state index in [1.807, 2.05) is 19.9 Å². The zero-order valence-corrected chi connectivity index (χ0v) is 12.1. The first-order chi connectivity index (χ1) is 8.88. The van der Waals surface area contributed by atoms with Gasteiger partial charge in [-0.1, -0.05) is 29.8 Å². The van der Waals surface area contributed by atoms with E-state index in [-0.39, 0.29) is 15.7 Å². The predicted octanol–water partition coefficient (Wildman–Crippen LogP) is 3.72. The molecule has 0 saturated heterocycles. The number of halogens is 1. The number of benzene rings is 2. The predicted molar refractivity (Wildman–Crippen MR) is 75.2 cm³/mol. The maximum atomic E-state index is 12.1. The van der Waals surface area contributed by atoms with Crippen molar-refractivity contribution in [1.82, 2.24) is 0 Å². The molecule has 0 bridgehead atoms. The molecule has 0 saturated carbocycles. The topological polar surface area (TPSA) is 43.4 Å². The van der Waals surface area contributed by atoms with Gasteiger partial charge in [0.25, 0.3) is 0 Å². The van der Waals surface area contributed by atoms with E-state index in [9.17, 15) is 8.42 Å². The summed E-state index contributed by atoms with van der Waals surface area (Å²) in [6.45, 7) is 3.75. The molecule has 2 aromatic carbocycles. The molecule has 100 valence electrons. The van der Waals surface area contributed by atoms with E-state index in [0.29, 0.717) is 0 Å². The van der Waals surface area contributed by atoms with Gasteiger partial charge in [-0.05, 0) is 49.2 Å². The molecule has 0 amide bonds. The molecule has 0 aromatic heterocycles. The van der Waals surface area contributed by atoms with Crippen LogP contribution in [0.3, 0.4) is 0 Å². The smallest absolute Gasteiger partial charge is 0.340 e. The fraction of sp³-hybridized carbons (Fsp3) is 0.143. The van der Waals surface area contributed by atoms with Crippen LogP contribution >= 0.6 is 11.6 Å². The summed E-state index contributed by atoms with van der Waals surface area (Å²) in [7, 11) is -3.91. The fourth-order valence-electron chi connectivity index (χ4n) is 1.80. The van der Waals surface area contributed by atoms with Crippen molar-refractivity contribution in [3.05, 3.63) is 58.6 Å². The summed E-state index contributed by atoms with van der Waals surface area (Å²) in [5, 5.41) is 0.145. The Morgan fingerprint density at radius 3 is 2.16 bits per heavy atom. The second kappa shape index (κ2) is 5.23. The lowest BCUT2D eigenvalue weighted by Crippen LogP contribution is -2.10. The molecular formula is C14H13ClO3S. The molecule has 0 aliphatic rings. The van der Waals surface area contributed by atoms with Gasteiger partial charge < -0.3 is 4.18 Å². The Morgan fingerprint density at radius 2 is 1.58 bits per heavy atom. The Morgan fingerprint density at radius 1 is 1.00 bits per heavy atom. The van der Waals surface area contributed by atoms with Crippen LogP contribution in [0.4, 0.5) is 0 Å². The lowest BCUT2D eigenvalue weighted by atomic mass is 10.1. The first kappa shape index (κ1) is 13.9. The molecule has 0 unspecified atom stereocenters. The Kier molecular flexibility index (Phi) is 3.83. The van der Waals surface area contributed by atoms with Crippen molar-refractivity contribution in [2.75, 3.05) is 0 Å². The zero-order valence-electron chi connectivity index (χ0n) is 10.6. The lowest BCUT2D eigenvalue weighted by Gasteiger charge is -2.09. The molecule has 0 spiro atoms. The third-order valence-electron chi connectivity index (χ3n) is 2.51. The first-order valence-corrected chi connectivity index (χ1v) is 7.44. The summed E-state index contributed by atoms with van der Waals surface area (Å²) in [6.07, 6.45) is 0. The Hall–Kier alpha value is -1.52. The van der Waals surface area contributed by atoms with Crippen LogP contribution in [0.2, 0.25) is 5.02 Å². The van der Waals surface area contributed by atoms with Crippen molar-refractivity contribution in [2.45, 2.75) is 18.7 Å². The molecule has 3 nitrogen and oxygen atoms in total. The molecule has 5 heteroatoms. The van der Waals surface area contributed by atoms with Gasteiger partial charge in [-0.3, -0.25) is 0 Å². The van der Waals surface area contributed by atoms with Crippen molar-refractivity contribution in [1.29, 1.82) is 0 Å².